The number of carbonyl (C=O) groups is 4. The number of amides is 3. The molecule has 1 aromatic carbocycles. The lowest BCUT2D eigenvalue weighted by Gasteiger charge is -2.46. The molecule has 6 heterocycles. The predicted octanol–water partition coefficient (Wildman–Crippen LogP) is 3.40. The molecular formula is C38H40ClF3N11O5+. The van der Waals surface area contributed by atoms with Gasteiger partial charge in [0.15, 0.2) is 18.1 Å². The number of piperazine rings is 1. The Kier molecular flexibility index (Phi) is 11.5. The number of nitriles is 1. The van der Waals surface area contributed by atoms with Crippen LogP contribution in [-0.2, 0) is 22.2 Å². The lowest BCUT2D eigenvalue weighted by molar-refractivity contribution is -0.929. The zero-order chi connectivity index (χ0) is 41.2. The molecular weight excluding hydrogens is 783 g/mol. The number of pyridine rings is 1. The molecule has 304 valence electrons. The zero-order valence-corrected chi connectivity index (χ0v) is 31.9. The highest BCUT2D eigenvalue weighted by Crippen LogP contribution is 2.36. The summed E-state index contributed by atoms with van der Waals surface area (Å²) in [4.78, 5) is 66.0. The average Bonchev–Trinajstić information content (AvgIpc) is 3.84. The minimum Gasteiger partial charge on any atom is -0.477 e. The van der Waals surface area contributed by atoms with Crippen LogP contribution in [0.3, 0.4) is 0 Å². The van der Waals surface area contributed by atoms with Gasteiger partial charge >= 0.3 is 12.1 Å². The zero-order valence-electron chi connectivity index (χ0n) is 31.1. The number of aromatic amines is 2. The minimum atomic E-state index is -4.79. The molecule has 3 saturated heterocycles. The Bertz CT molecular complexity index is 2230. The molecule has 7 rings (SSSR count). The lowest BCUT2D eigenvalue weighted by atomic mass is 9.90. The van der Waals surface area contributed by atoms with E-state index in [9.17, 15) is 37.5 Å². The van der Waals surface area contributed by atoms with Crippen molar-refractivity contribution in [1.82, 2.24) is 40.3 Å². The molecule has 3 fully saturated rings. The second-order valence-electron chi connectivity index (χ2n) is 15.0. The van der Waals surface area contributed by atoms with E-state index in [2.05, 4.69) is 35.8 Å². The summed E-state index contributed by atoms with van der Waals surface area (Å²) in [7, 11) is 0. The molecule has 0 saturated carbocycles. The van der Waals surface area contributed by atoms with Gasteiger partial charge in [0.1, 0.15) is 6.07 Å². The van der Waals surface area contributed by atoms with Crippen LogP contribution in [0.2, 0.25) is 5.02 Å². The molecule has 16 nitrogen and oxygen atoms in total. The number of nitrogens with zero attached hydrogens (tertiary/aromatic N) is 7. The molecule has 3 aliphatic rings. The number of aromatic nitrogens is 5. The second kappa shape index (κ2) is 16.6. The van der Waals surface area contributed by atoms with Gasteiger partial charge in [0.25, 0.3) is 11.8 Å². The largest absolute Gasteiger partial charge is 0.477 e. The van der Waals surface area contributed by atoms with E-state index in [0.29, 0.717) is 62.5 Å². The van der Waals surface area contributed by atoms with Crippen LogP contribution in [0.15, 0.2) is 42.7 Å². The van der Waals surface area contributed by atoms with Gasteiger partial charge < -0.3 is 35.0 Å². The Labute approximate surface area is 335 Å². The number of H-pyrrole nitrogens is 2. The normalized spacial score (nSPS) is 19.9. The SMILES string of the molecule is N#Cc1ccc(-c2[nH]nc(C(F)(F)F)c2Cc2cnc(C(=O)Nc3ccc(C(=O)N4CCN(C(=O)C5CC[N+](CC(=O)O)(CC6CNC6)CC5)CC4)c(Cl)c3)[nH]2)nc1. The smallest absolute Gasteiger partial charge is 0.435 e. The number of imidazole rings is 1. The number of hydrogen-bond acceptors (Lipinski definition) is 9. The summed E-state index contributed by atoms with van der Waals surface area (Å²) in [6, 6.07) is 9.09. The molecule has 3 aliphatic heterocycles. The van der Waals surface area contributed by atoms with Gasteiger partial charge in [-0.25, -0.2) is 9.78 Å². The fourth-order valence-electron chi connectivity index (χ4n) is 7.94. The number of halogens is 4. The average molecular weight is 823 g/mol. The van der Waals surface area contributed by atoms with E-state index in [0.717, 1.165) is 19.6 Å². The monoisotopic (exact) mass is 822 g/mol. The Morgan fingerprint density at radius 3 is 2.34 bits per heavy atom. The van der Waals surface area contributed by atoms with Gasteiger partial charge in [-0.3, -0.25) is 24.5 Å². The summed E-state index contributed by atoms with van der Waals surface area (Å²) < 4.78 is 42.2. The van der Waals surface area contributed by atoms with Crippen molar-refractivity contribution >= 4 is 41.0 Å². The van der Waals surface area contributed by atoms with Crippen molar-refractivity contribution in [2.45, 2.75) is 25.4 Å². The molecule has 4 aromatic rings. The third-order valence-corrected chi connectivity index (χ3v) is 11.4. The Hall–Kier alpha value is -5.84. The van der Waals surface area contributed by atoms with Gasteiger partial charge in [0.2, 0.25) is 5.91 Å². The maximum atomic E-state index is 13.9. The number of carbonyl (C=O) groups excluding carboxylic acids is 3. The number of nitrogens with one attached hydrogen (secondary N) is 4. The highest BCUT2D eigenvalue weighted by molar-refractivity contribution is 6.34. The van der Waals surface area contributed by atoms with E-state index in [-0.39, 0.29) is 81.0 Å². The van der Waals surface area contributed by atoms with Gasteiger partial charge in [0.05, 0.1) is 47.2 Å². The third kappa shape index (κ3) is 8.83. The topological polar surface area (TPSA) is 213 Å². The summed E-state index contributed by atoms with van der Waals surface area (Å²) in [5.41, 5.74) is -0.404. The summed E-state index contributed by atoms with van der Waals surface area (Å²) >= 11 is 6.52. The number of piperidine rings is 1. The Balaban J connectivity index is 0.929. The van der Waals surface area contributed by atoms with Gasteiger partial charge in [0, 0.05) is 99.7 Å². The fraction of sp³-hybridized carbons (Fsp3) is 0.421. The fourth-order valence-corrected chi connectivity index (χ4v) is 8.20. The lowest BCUT2D eigenvalue weighted by Crippen LogP contribution is -2.62. The number of anilines is 1. The summed E-state index contributed by atoms with van der Waals surface area (Å²) in [6.07, 6.45) is -1.41. The molecule has 20 heteroatoms. The van der Waals surface area contributed by atoms with E-state index >= 15 is 0 Å². The third-order valence-electron chi connectivity index (χ3n) is 11.1. The summed E-state index contributed by atoms with van der Waals surface area (Å²) in [6.45, 7) is 5.25. The molecule has 0 aliphatic carbocycles. The highest BCUT2D eigenvalue weighted by atomic mass is 35.5. The van der Waals surface area contributed by atoms with Crippen LogP contribution in [0, 0.1) is 23.2 Å². The number of aliphatic carboxylic acids is 1. The standard InChI is InChI=1S/C38H39ClF3N11O5/c39-29-14-25(48-35(56)34-46-19-26(47-34)13-28-32(49-50-33(28)38(40,41)42)30-4-1-22(15-43)18-45-30)2-3-27(29)37(58)52-9-7-51(8-10-52)36(57)24-5-11-53(12-6-24,21-31(54)55)20-23-16-44-17-23/h1-4,14,18-19,23-24,44H,5-13,16-17,20-21H2,(H3-,45,46,47,48,49,50,54,55,56,58)/p+1. The van der Waals surface area contributed by atoms with Crippen molar-refractivity contribution < 1.29 is 41.9 Å². The van der Waals surface area contributed by atoms with Crippen molar-refractivity contribution in [3.05, 3.63) is 81.7 Å². The molecule has 58 heavy (non-hydrogen) atoms. The first kappa shape index (κ1) is 40.4. The number of rotatable bonds is 11. The quantitative estimate of drug-likeness (QED) is 0.139. The maximum Gasteiger partial charge on any atom is 0.435 e. The second-order valence-corrected chi connectivity index (χ2v) is 15.4. The highest BCUT2D eigenvalue weighted by Gasteiger charge is 2.42. The van der Waals surface area contributed by atoms with E-state index in [4.69, 9.17) is 16.9 Å². The molecule has 3 amide bonds. The molecule has 0 spiro atoms. The number of alkyl halides is 3. The van der Waals surface area contributed by atoms with Gasteiger partial charge in [-0.2, -0.15) is 23.5 Å². The van der Waals surface area contributed by atoms with E-state index in [1.807, 2.05) is 6.07 Å². The van der Waals surface area contributed by atoms with Crippen LogP contribution >= 0.6 is 11.6 Å². The molecule has 0 bridgehead atoms. The van der Waals surface area contributed by atoms with E-state index in [1.54, 1.807) is 9.80 Å². The van der Waals surface area contributed by atoms with E-state index < -0.39 is 23.7 Å². The van der Waals surface area contributed by atoms with Crippen molar-refractivity contribution in [3.63, 3.8) is 0 Å². The van der Waals surface area contributed by atoms with E-state index in [1.165, 1.54) is 42.7 Å². The van der Waals surface area contributed by atoms with Crippen molar-refractivity contribution in [3.8, 4) is 17.5 Å². The maximum absolute atomic E-state index is 13.9. The Morgan fingerprint density at radius 1 is 1.02 bits per heavy atom. The number of carboxylic acids is 1. The van der Waals surface area contributed by atoms with Crippen LogP contribution in [0.25, 0.3) is 11.4 Å². The van der Waals surface area contributed by atoms with Crippen LogP contribution in [-0.4, -0.2) is 134 Å². The molecule has 0 unspecified atom stereocenters. The summed E-state index contributed by atoms with van der Waals surface area (Å²) in [5.74, 6) is -1.76. The van der Waals surface area contributed by atoms with Crippen LogP contribution in [0.1, 0.15) is 56.3 Å². The first-order chi connectivity index (χ1) is 27.7. The first-order valence-corrected chi connectivity index (χ1v) is 19.1. The summed E-state index contributed by atoms with van der Waals surface area (Å²) in [5, 5.41) is 30.4. The van der Waals surface area contributed by atoms with Gasteiger partial charge in [-0.15, -0.1) is 0 Å². The number of likely N-dealkylation sites (tertiary alicyclic amines) is 1. The van der Waals surface area contributed by atoms with Crippen LogP contribution in [0.5, 0.6) is 0 Å². The first-order valence-electron chi connectivity index (χ1n) is 18.7. The van der Waals surface area contributed by atoms with Crippen molar-refractivity contribution in [2.75, 3.05) is 70.8 Å². The number of quaternary nitrogens is 1. The molecule has 0 radical (unpaired) electrons. The van der Waals surface area contributed by atoms with Crippen molar-refractivity contribution in [1.29, 1.82) is 5.26 Å². The minimum absolute atomic E-state index is 0.00430. The molecule has 5 N–H and O–H groups in total. The predicted molar refractivity (Wildman–Crippen MR) is 201 cm³/mol. The van der Waals surface area contributed by atoms with Crippen molar-refractivity contribution in [2.24, 2.45) is 11.8 Å². The molecule has 0 atom stereocenters. The van der Waals surface area contributed by atoms with Crippen LogP contribution in [0.4, 0.5) is 18.9 Å². The number of carboxylic acid groups (broad SMARTS) is 1. The van der Waals surface area contributed by atoms with Crippen LogP contribution < -0.4 is 10.6 Å². The van der Waals surface area contributed by atoms with Gasteiger partial charge in [-0.05, 0) is 30.3 Å². The van der Waals surface area contributed by atoms with Gasteiger partial charge in [-0.1, -0.05) is 11.6 Å². The Morgan fingerprint density at radius 2 is 1.74 bits per heavy atom. The number of hydrogen-bond donors (Lipinski definition) is 5. The number of benzene rings is 1. The molecule has 3 aromatic heterocycles.